The van der Waals surface area contributed by atoms with Crippen molar-refractivity contribution in [2.24, 2.45) is 0 Å². The lowest BCUT2D eigenvalue weighted by Gasteiger charge is -2.19. The molecule has 1 aliphatic rings. The van der Waals surface area contributed by atoms with Gasteiger partial charge in [0.25, 0.3) is 0 Å². The van der Waals surface area contributed by atoms with Gasteiger partial charge in [-0.3, -0.25) is 4.79 Å². The lowest BCUT2D eigenvalue weighted by molar-refractivity contribution is -0.116. The fourth-order valence-electron chi connectivity index (χ4n) is 3.90. The first kappa shape index (κ1) is 19.1. The van der Waals surface area contributed by atoms with Crippen molar-refractivity contribution in [3.63, 3.8) is 0 Å². The van der Waals surface area contributed by atoms with Gasteiger partial charge in [0.2, 0.25) is 5.91 Å². The summed E-state index contributed by atoms with van der Waals surface area (Å²) in [6, 6.07) is 15.7. The van der Waals surface area contributed by atoms with E-state index in [9.17, 15) is 4.79 Å². The first-order valence-corrected chi connectivity index (χ1v) is 10.2. The van der Waals surface area contributed by atoms with Crippen LogP contribution in [0, 0.1) is 13.8 Å². The topological polar surface area (TPSA) is 78.3 Å². The lowest BCUT2D eigenvalue weighted by atomic mass is 10.0. The molecule has 1 aliphatic heterocycles. The monoisotopic (exact) mass is 414 g/mol. The van der Waals surface area contributed by atoms with Gasteiger partial charge in [0, 0.05) is 23.3 Å². The molecule has 0 saturated carbocycles. The summed E-state index contributed by atoms with van der Waals surface area (Å²) in [7, 11) is 0. The molecule has 31 heavy (non-hydrogen) atoms. The largest absolute Gasteiger partial charge is 0.486 e. The number of rotatable bonds is 4. The third kappa shape index (κ3) is 3.70. The fraction of sp³-hybridized carbons (Fsp3) is 0.208. The number of fused-ring (bicyclic) bond motifs is 2. The Bertz CT molecular complexity index is 1300. The molecule has 0 atom stereocenters. The van der Waals surface area contributed by atoms with E-state index in [1.54, 1.807) is 29.1 Å². The zero-order valence-corrected chi connectivity index (χ0v) is 17.4. The minimum absolute atomic E-state index is 0.0586. The molecular formula is C24H22N4O3. The summed E-state index contributed by atoms with van der Waals surface area (Å²) >= 11 is 0. The summed E-state index contributed by atoms with van der Waals surface area (Å²) in [5, 5.41) is 8.46. The molecule has 2 aromatic carbocycles. The molecule has 0 aliphatic carbocycles. The van der Waals surface area contributed by atoms with Gasteiger partial charge < -0.3 is 14.8 Å². The van der Waals surface area contributed by atoms with Gasteiger partial charge in [-0.1, -0.05) is 29.8 Å². The van der Waals surface area contributed by atoms with Crippen molar-refractivity contribution < 1.29 is 14.3 Å². The highest BCUT2D eigenvalue weighted by Gasteiger charge is 2.17. The lowest BCUT2D eigenvalue weighted by Crippen LogP contribution is -2.20. The number of nitrogens with zero attached hydrogens (tertiary/aromatic N) is 3. The molecule has 0 saturated heterocycles. The van der Waals surface area contributed by atoms with Crippen molar-refractivity contribution in [1.29, 1.82) is 0 Å². The Balaban J connectivity index is 1.42. The Labute approximate surface area is 179 Å². The van der Waals surface area contributed by atoms with Gasteiger partial charge in [-0.2, -0.15) is 5.10 Å². The Kier molecular flexibility index (Phi) is 4.78. The first-order chi connectivity index (χ1) is 15.1. The van der Waals surface area contributed by atoms with Crippen LogP contribution in [-0.4, -0.2) is 33.9 Å². The van der Waals surface area contributed by atoms with E-state index in [1.807, 2.05) is 19.1 Å². The van der Waals surface area contributed by atoms with Gasteiger partial charge in [-0.05, 0) is 43.2 Å². The Morgan fingerprint density at radius 3 is 2.74 bits per heavy atom. The summed E-state index contributed by atoms with van der Waals surface area (Å²) < 4.78 is 12.8. The van der Waals surface area contributed by atoms with Crippen LogP contribution in [0.2, 0.25) is 0 Å². The third-order valence-corrected chi connectivity index (χ3v) is 5.26. The summed E-state index contributed by atoms with van der Waals surface area (Å²) in [5.41, 5.74) is 5.53. The van der Waals surface area contributed by atoms with Crippen LogP contribution in [0.4, 0.5) is 5.69 Å². The van der Waals surface area contributed by atoms with Gasteiger partial charge in [0.15, 0.2) is 17.1 Å². The number of carbonyl (C=O) groups excluding carboxylic acids is 1. The molecule has 0 spiro atoms. The SMILES string of the molecule is Cc1cccc(-c2ccnc3c2c(C)nn3CC(=O)Nc2ccc3c(c2)OCCO3)c1. The minimum Gasteiger partial charge on any atom is -0.486 e. The zero-order chi connectivity index (χ0) is 21.4. The minimum atomic E-state index is -0.191. The maximum atomic E-state index is 12.7. The second kappa shape index (κ2) is 7.75. The van der Waals surface area contributed by atoms with E-state index in [0.717, 1.165) is 22.2 Å². The van der Waals surface area contributed by atoms with E-state index in [1.165, 1.54) is 5.56 Å². The molecule has 7 nitrogen and oxygen atoms in total. The van der Waals surface area contributed by atoms with Crippen LogP contribution in [0.5, 0.6) is 11.5 Å². The van der Waals surface area contributed by atoms with Crippen LogP contribution in [0.1, 0.15) is 11.3 Å². The Hall–Kier alpha value is -3.87. The van der Waals surface area contributed by atoms with Crippen molar-refractivity contribution in [2.75, 3.05) is 18.5 Å². The highest BCUT2D eigenvalue weighted by Crippen LogP contribution is 2.33. The average Bonchev–Trinajstić information content (AvgIpc) is 3.09. The summed E-state index contributed by atoms with van der Waals surface area (Å²) in [4.78, 5) is 17.2. The summed E-state index contributed by atoms with van der Waals surface area (Å²) in [6.07, 6.45) is 1.76. The number of anilines is 1. The maximum absolute atomic E-state index is 12.7. The summed E-state index contributed by atoms with van der Waals surface area (Å²) in [5.74, 6) is 1.13. The number of carbonyl (C=O) groups is 1. The molecule has 3 heterocycles. The fourth-order valence-corrected chi connectivity index (χ4v) is 3.90. The molecule has 2 aromatic heterocycles. The van der Waals surface area contributed by atoms with Crippen molar-refractivity contribution in [3.05, 3.63) is 66.0 Å². The first-order valence-electron chi connectivity index (χ1n) is 10.2. The normalized spacial score (nSPS) is 12.7. The Morgan fingerprint density at radius 1 is 1.06 bits per heavy atom. The van der Waals surface area contributed by atoms with Crippen LogP contribution < -0.4 is 14.8 Å². The van der Waals surface area contributed by atoms with E-state index in [4.69, 9.17) is 9.47 Å². The van der Waals surface area contributed by atoms with Crippen LogP contribution in [0.25, 0.3) is 22.2 Å². The predicted molar refractivity (Wildman–Crippen MR) is 118 cm³/mol. The second-order valence-corrected chi connectivity index (χ2v) is 7.58. The molecule has 4 aromatic rings. The van der Waals surface area contributed by atoms with E-state index >= 15 is 0 Å². The number of ether oxygens (including phenoxy) is 2. The molecule has 0 fully saturated rings. The molecule has 5 rings (SSSR count). The predicted octanol–water partition coefficient (Wildman–Crippen LogP) is 4.13. The number of benzene rings is 2. The number of amides is 1. The van der Waals surface area contributed by atoms with E-state index in [-0.39, 0.29) is 12.5 Å². The average molecular weight is 414 g/mol. The number of aryl methyl sites for hydroxylation is 2. The molecule has 156 valence electrons. The van der Waals surface area contributed by atoms with Gasteiger partial charge in [0.1, 0.15) is 19.8 Å². The molecule has 1 amide bonds. The molecule has 0 radical (unpaired) electrons. The molecule has 0 bridgehead atoms. The number of hydrogen-bond donors (Lipinski definition) is 1. The number of nitrogens with one attached hydrogen (secondary N) is 1. The molecule has 0 unspecified atom stereocenters. The quantitative estimate of drug-likeness (QED) is 0.543. The van der Waals surface area contributed by atoms with Crippen molar-refractivity contribution in [1.82, 2.24) is 14.8 Å². The van der Waals surface area contributed by atoms with Gasteiger partial charge in [-0.15, -0.1) is 0 Å². The number of pyridine rings is 1. The highest BCUT2D eigenvalue weighted by molar-refractivity contribution is 5.96. The maximum Gasteiger partial charge on any atom is 0.246 e. The number of aromatic nitrogens is 3. The highest BCUT2D eigenvalue weighted by atomic mass is 16.6. The van der Waals surface area contributed by atoms with Crippen LogP contribution in [-0.2, 0) is 11.3 Å². The van der Waals surface area contributed by atoms with Gasteiger partial charge in [0.05, 0.1) is 5.69 Å². The van der Waals surface area contributed by atoms with E-state index in [0.29, 0.717) is 36.0 Å². The van der Waals surface area contributed by atoms with Gasteiger partial charge in [-0.25, -0.2) is 9.67 Å². The standard InChI is InChI=1S/C24H22N4O3/c1-15-4-3-5-17(12-15)19-8-9-25-24-23(19)16(2)27-28(24)14-22(29)26-18-6-7-20-21(13-18)31-11-10-30-20/h3-9,12-13H,10-11,14H2,1-2H3,(H,26,29). The van der Waals surface area contributed by atoms with E-state index < -0.39 is 0 Å². The molecule has 1 N–H and O–H groups in total. The van der Waals surface area contributed by atoms with E-state index in [2.05, 4.69) is 40.5 Å². The van der Waals surface area contributed by atoms with Crippen LogP contribution in [0.15, 0.2) is 54.7 Å². The molecule has 7 heteroatoms. The second-order valence-electron chi connectivity index (χ2n) is 7.58. The van der Waals surface area contributed by atoms with Crippen LogP contribution >= 0.6 is 0 Å². The Morgan fingerprint density at radius 2 is 1.90 bits per heavy atom. The van der Waals surface area contributed by atoms with Crippen molar-refractivity contribution in [2.45, 2.75) is 20.4 Å². The smallest absolute Gasteiger partial charge is 0.246 e. The number of hydrogen-bond acceptors (Lipinski definition) is 5. The summed E-state index contributed by atoms with van der Waals surface area (Å²) in [6.45, 7) is 5.10. The van der Waals surface area contributed by atoms with Crippen molar-refractivity contribution in [3.8, 4) is 22.6 Å². The molecular weight excluding hydrogens is 392 g/mol. The zero-order valence-electron chi connectivity index (χ0n) is 17.4. The third-order valence-electron chi connectivity index (χ3n) is 5.26. The van der Waals surface area contributed by atoms with Crippen molar-refractivity contribution >= 4 is 22.6 Å². The van der Waals surface area contributed by atoms with Crippen LogP contribution in [0.3, 0.4) is 0 Å². The van der Waals surface area contributed by atoms with Gasteiger partial charge >= 0.3 is 0 Å².